The standard InChI is InChI=1S/C22H26N4O2S/c1-5-19(6-2-17(1)21-23-9-10-24-21)27-13-15-29-16-14-28-20-7-3-18(4-8-20)22-25-11-12-26-22/h1-8H,9-16H2,(H,23,24)(H,25,26). The molecule has 2 N–H and O–H groups in total. The van der Waals surface area contributed by atoms with Crippen molar-refractivity contribution in [1.29, 1.82) is 0 Å². The Kier molecular flexibility index (Phi) is 6.91. The summed E-state index contributed by atoms with van der Waals surface area (Å²) in [6.07, 6.45) is 0. The summed E-state index contributed by atoms with van der Waals surface area (Å²) in [5.74, 6) is 5.61. The Morgan fingerprint density at radius 2 is 1.14 bits per heavy atom. The maximum absolute atomic E-state index is 5.81. The number of rotatable bonds is 10. The Hall–Kier alpha value is -2.67. The fourth-order valence-corrected chi connectivity index (χ4v) is 3.75. The summed E-state index contributed by atoms with van der Waals surface area (Å²) >= 11 is 1.83. The van der Waals surface area contributed by atoms with Crippen molar-refractivity contribution in [2.24, 2.45) is 9.98 Å². The first-order chi connectivity index (χ1) is 14.4. The van der Waals surface area contributed by atoms with Crippen molar-refractivity contribution in [1.82, 2.24) is 10.6 Å². The molecule has 0 atom stereocenters. The van der Waals surface area contributed by atoms with E-state index in [1.165, 1.54) is 0 Å². The van der Waals surface area contributed by atoms with Gasteiger partial charge < -0.3 is 20.1 Å². The minimum Gasteiger partial charge on any atom is -0.493 e. The second kappa shape index (κ2) is 10.2. The van der Waals surface area contributed by atoms with Crippen LogP contribution in [0.5, 0.6) is 11.5 Å². The van der Waals surface area contributed by atoms with Crippen LogP contribution in [0.4, 0.5) is 0 Å². The zero-order valence-electron chi connectivity index (χ0n) is 16.4. The van der Waals surface area contributed by atoms with Crippen molar-refractivity contribution >= 4 is 23.4 Å². The lowest BCUT2D eigenvalue weighted by Gasteiger charge is -2.09. The highest BCUT2D eigenvalue weighted by Gasteiger charge is 2.08. The van der Waals surface area contributed by atoms with Crippen LogP contribution in [0.25, 0.3) is 0 Å². The lowest BCUT2D eigenvalue weighted by atomic mass is 10.2. The van der Waals surface area contributed by atoms with E-state index in [0.29, 0.717) is 13.2 Å². The first-order valence-electron chi connectivity index (χ1n) is 9.99. The quantitative estimate of drug-likeness (QED) is 0.590. The number of thioether (sulfide) groups is 1. The molecule has 0 unspecified atom stereocenters. The predicted molar refractivity (Wildman–Crippen MR) is 120 cm³/mol. The SMILES string of the molecule is c1cc(C2=NCCN2)ccc1OCCSCCOc1ccc(C2=NCCN2)cc1. The molecule has 2 aromatic rings. The van der Waals surface area contributed by atoms with Crippen molar-refractivity contribution in [3.05, 3.63) is 59.7 Å². The molecular weight excluding hydrogens is 384 g/mol. The van der Waals surface area contributed by atoms with Gasteiger partial charge in [-0.3, -0.25) is 9.98 Å². The number of nitrogens with one attached hydrogen (secondary N) is 2. The smallest absolute Gasteiger partial charge is 0.128 e. The van der Waals surface area contributed by atoms with Gasteiger partial charge in [0.05, 0.1) is 26.3 Å². The van der Waals surface area contributed by atoms with Gasteiger partial charge in [0.2, 0.25) is 0 Å². The van der Waals surface area contributed by atoms with Crippen LogP contribution in [-0.2, 0) is 0 Å². The largest absolute Gasteiger partial charge is 0.493 e. The van der Waals surface area contributed by atoms with Crippen LogP contribution in [0.1, 0.15) is 11.1 Å². The molecule has 0 spiro atoms. The fourth-order valence-electron chi connectivity index (χ4n) is 3.14. The first-order valence-corrected chi connectivity index (χ1v) is 11.1. The maximum atomic E-state index is 5.81. The normalized spacial score (nSPS) is 15.3. The molecule has 0 saturated heterocycles. The number of ether oxygens (including phenoxy) is 2. The van der Waals surface area contributed by atoms with E-state index >= 15 is 0 Å². The van der Waals surface area contributed by atoms with E-state index in [4.69, 9.17) is 9.47 Å². The van der Waals surface area contributed by atoms with Gasteiger partial charge in [-0.1, -0.05) is 0 Å². The van der Waals surface area contributed by atoms with E-state index in [9.17, 15) is 0 Å². The molecule has 0 radical (unpaired) electrons. The highest BCUT2D eigenvalue weighted by atomic mass is 32.2. The summed E-state index contributed by atoms with van der Waals surface area (Å²) in [4.78, 5) is 8.85. The molecule has 0 saturated carbocycles. The molecule has 2 aliphatic heterocycles. The Labute approximate surface area is 175 Å². The number of aliphatic imine (C=N–C) groups is 2. The van der Waals surface area contributed by atoms with Crippen LogP contribution in [0, 0.1) is 0 Å². The average molecular weight is 411 g/mol. The number of nitrogens with zero attached hydrogens (tertiary/aromatic N) is 2. The number of hydrogen-bond donors (Lipinski definition) is 2. The van der Waals surface area contributed by atoms with Gasteiger partial charge in [0.25, 0.3) is 0 Å². The van der Waals surface area contributed by atoms with Crippen LogP contribution >= 0.6 is 11.8 Å². The average Bonchev–Trinajstić information content (AvgIpc) is 3.48. The molecular formula is C22H26N4O2S. The van der Waals surface area contributed by atoms with Crippen molar-refractivity contribution in [2.45, 2.75) is 0 Å². The molecule has 29 heavy (non-hydrogen) atoms. The summed E-state index contributed by atoms with van der Waals surface area (Å²) in [6, 6.07) is 16.2. The number of hydrogen-bond acceptors (Lipinski definition) is 7. The molecule has 152 valence electrons. The summed E-state index contributed by atoms with van der Waals surface area (Å²) < 4.78 is 11.6. The van der Waals surface area contributed by atoms with E-state index < -0.39 is 0 Å². The molecule has 4 rings (SSSR count). The Morgan fingerprint density at radius 3 is 1.52 bits per heavy atom. The third-order valence-corrected chi connectivity index (χ3v) is 5.51. The minimum absolute atomic E-state index is 0.688. The summed E-state index contributed by atoms with van der Waals surface area (Å²) in [5.41, 5.74) is 2.23. The van der Waals surface area contributed by atoms with E-state index in [-0.39, 0.29) is 0 Å². The lowest BCUT2D eigenvalue weighted by molar-refractivity contribution is 0.339. The first kappa shape index (κ1) is 19.6. The van der Waals surface area contributed by atoms with E-state index in [1.54, 1.807) is 0 Å². The van der Waals surface area contributed by atoms with Crippen LogP contribution in [0.2, 0.25) is 0 Å². The molecule has 0 amide bonds. The zero-order chi connectivity index (χ0) is 19.7. The molecule has 0 bridgehead atoms. The molecule has 7 heteroatoms. The van der Waals surface area contributed by atoms with Crippen molar-refractivity contribution in [3.63, 3.8) is 0 Å². The highest BCUT2D eigenvalue weighted by Crippen LogP contribution is 2.15. The minimum atomic E-state index is 0.688. The second-order valence-electron chi connectivity index (χ2n) is 6.67. The Bertz CT molecular complexity index is 779. The van der Waals surface area contributed by atoms with Crippen molar-refractivity contribution in [2.75, 3.05) is 50.9 Å². The number of benzene rings is 2. The fraction of sp³-hybridized carbons (Fsp3) is 0.364. The van der Waals surface area contributed by atoms with Gasteiger partial charge in [-0.25, -0.2) is 0 Å². The van der Waals surface area contributed by atoms with Gasteiger partial charge in [-0.2, -0.15) is 11.8 Å². The summed E-state index contributed by atoms with van der Waals surface area (Å²) in [5, 5.41) is 6.55. The molecule has 2 aromatic carbocycles. The van der Waals surface area contributed by atoms with Gasteiger partial charge in [0.15, 0.2) is 0 Å². The molecule has 2 heterocycles. The van der Waals surface area contributed by atoms with Gasteiger partial charge in [-0.15, -0.1) is 0 Å². The van der Waals surface area contributed by atoms with E-state index in [2.05, 4.69) is 20.6 Å². The number of amidine groups is 2. The third-order valence-electron chi connectivity index (χ3n) is 4.60. The maximum Gasteiger partial charge on any atom is 0.128 e. The molecule has 2 aliphatic rings. The Balaban J connectivity index is 1.08. The monoisotopic (exact) mass is 410 g/mol. The van der Waals surface area contributed by atoms with Gasteiger partial charge in [0, 0.05) is 35.7 Å². The van der Waals surface area contributed by atoms with Crippen LogP contribution < -0.4 is 20.1 Å². The predicted octanol–water partition coefficient (Wildman–Crippen LogP) is 2.58. The van der Waals surface area contributed by atoms with Gasteiger partial charge >= 0.3 is 0 Å². The van der Waals surface area contributed by atoms with Crippen LogP contribution in [0.3, 0.4) is 0 Å². The molecule has 6 nitrogen and oxygen atoms in total. The lowest BCUT2D eigenvalue weighted by Crippen LogP contribution is -2.19. The third kappa shape index (κ3) is 5.67. The van der Waals surface area contributed by atoms with Crippen molar-refractivity contribution < 1.29 is 9.47 Å². The highest BCUT2D eigenvalue weighted by molar-refractivity contribution is 7.99. The van der Waals surface area contributed by atoms with Crippen LogP contribution in [-0.4, -0.2) is 62.6 Å². The van der Waals surface area contributed by atoms with E-state index in [1.807, 2.05) is 60.3 Å². The topological polar surface area (TPSA) is 67.2 Å². The second-order valence-corrected chi connectivity index (χ2v) is 7.90. The van der Waals surface area contributed by atoms with Crippen molar-refractivity contribution in [3.8, 4) is 11.5 Å². The van der Waals surface area contributed by atoms with E-state index in [0.717, 1.165) is 72.0 Å². The van der Waals surface area contributed by atoms with Gasteiger partial charge in [-0.05, 0) is 48.5 Å². The summed E-state index contributed by atoms with van der Waals surface area (Å²) in [6.45, 7) is 4.93. The van der Waals surface area contributed by atoms with Crippen LogP contribution in [0.15, 0.2) is 58.5 Å². The summed E-state index contributed by atoms with van der Waals surface area (Å²) in [7, 11) is 0. The molecule has 0 aromatic heterocycles. The Morgan fingerprint density at radius 1 is 0.690 bits per heavy atom. The molecule has 0 aliphatic carbocycles. The van der Waals surface area contributed by atoms with Gasteiger partial charge in [0.1, 0.15) is 23.2 Å². The molecule has 0 fully saturated rings. The zero-order valence-corrected chi connectivity index (χ0v) is 17.2.